The summed E-state index contributed by atoms with van der Waals surface area (Å²) in [5, 5.41) is 10.7. The molecular weight excluding hydrogens is 1370 g/mol. The number of hydrogen-bond acceptors (Lipinski definition) is 15. The lowest BCUT2D eigenvalue weighted by Crippen LogP contribution is -2.30. The summed E-state index contributed by atoms with van der Waals surface area (Å²) in [6.45, 7) is 9.70. The van der Waals surface area contributed by atoms with Crippen LogP contribution in [0.4, 0.5) is 0 Å². The van der Waals surface area contributed by atoms with E-state index in [0.29, 0.717) is 25.7 Å². The zero-order valence-electron chi connectivity index (χ0n) is 69.0. The third-order valence-electron chi connectivity index (χ3n) is 20.6. The molecule has 0 saturated carbocycles. The Hall–Kier alpha value is -1.94. The molecule has 0 rings (SSSR count). The number of rotatable bonds is 85. The van der Waals surface area contributed by atoms with Crippen LogP contribution in [-0.4, -0.2) is 96.7 Å². The van der Waals surface area contributed by atoms with Gasteiger partial charge in [-0.25, -0.2) is 9.13 Å². The van der Waals surface area contributed by atoms with Crippen molar-refractivity contribution < 1.29 is 80.2 Å². The van der Waals surface area contributed by atoms with E-state index in [1.165, 1.54) is 276 Å². The van der Waals surface area contributed by atoms with Gasteiger partial charge in [0.05, 0.1) is 26.4 Å². The SMILES string of the molecule is CCCCCCCCCCCCCCCCCCCCCCCC(=O)OC[C@H](COP(=O)(O)OC[C@@H](O)COP(=O)(O)OC[C@@H](COC(=O)CCCCCCCCCCC)OC(=O)CCCCCCCCCCCCC(C)C)OC(=O)CCCCCCCCCCCCCCCCCCCCC(C)CC. The summed E-state index contributed by atoms with van der Waals surface area (Å²) in [6.07, 6.45) is 69.6. The first-order chi connectivity index (χ1) is 50.9. The Morgan fingerprint density at radius 1 is 0.276 bits per heavy atom. The van der Waals surface area contributed by atoms with Crippen LogP contribution in [0.1, 0.15) is 459 Å². The van der Waals surface area contributed by atoms with Crippen molar-refractivity contribution in [2.45, 2.75) is 477 Å². The number of hydrogen-bond donors (Lipinski definition) is 3. The molecular formula is C86H168O17P2. The summed E-state index contributed by atoms with van der Waals surface area (Å²) < 4.78 is 68.8. The van der Waals surface area contributed by atoms with Crippen molar-refractivity contribution in [1.29, 1.82) is 0 Å². The molecule has 0 aliphatic heterocycles. The average Bonchev–Trinajstić information content (AvgIpc) is 0.906. The lowest BCUT2D eigenvalue weighted by molar-refractivity contribution is -0.161. The van der Waals surface area contributed by atoms with E-state index in [4.69, 9.17) is 37.0 Å². The molecule has 105 heavy (non-hydrogen) atoms. The van der Waals surface area contributed by atoms with Crippen LogP contribution in [0.25, 0.3) is 0 Å². The normalized spacial score (nSPS) is 14.1. The fraction of sp³-hybridized carbons (Fsp3) is 0.953. The maximum absolute atomic E-state index is 13.1. The molecule has 0 aromatic heterocycles. The second-order valence-corrected chi connectivity index (χ2v) is 34.6. The third-order valence-corrected chi connectivity index (χ3v) is 22.5. The van der Waals surface area contributed by atoms with Gasteiger partial charge in [0.2, 0.25) is 0 Å². The van der Waals surface area contributed by atoms with E-state index in [1.54, 1.807) is 0 Å². The van der Waals surface area contributed by atoms with E-state index in [1.807, 2.05) is 0 Å². The van der Waals surface area contributed by atoms with E-state index in [0.717, 1.165) is 102 Å². The lowest BCUT2D eigenvalue weighted by atomic mass is 9.99. The van der Waals surface area contributed by atoms with Crippen LogP contribution in [0, 0.1) is 11.8 Å². The predicted octanol–water partition coefficient (Wildman–Crippen LogP) is 26.2. The zero-order valence-corrected chi connectivity index (χ0v) is 70.8. The summed E-state index contributed by atoms with van der Waals surface area (Å²) in [5.41, 5.74) is 0. The minimum Gasteiger partial charge on any atom is -0.462 e. The molecule has 0 heterocycles. The van der Waals surface area contributed by atoms with E-state index in [9.17, 15) is 43.2 Å². The van der Waals surface area contributed by atoms with Crippen LogP contribution in [0.5, 0.6) is 0 Å². The molecule has 0 amide bonds. The summed E-state index contributed by atoms with van der Waals surface area (Å²) >= 11 is 0. The van der Waals surface area contributed by atoms with E-state index >= 15 is 0 Å². The first-order valence-electron chi connectivity index (χ1n) is 44.5. The van der Waals surface area contributed by atoms with Gasteiger partial charge in [0.15, 0.2) is 12.2 Å². The van der Waals surface area contributed by atoms with Crippen LogP contribution in [0.2, 0.25) is 0 Å². The minimum absolute atomic E-state index is 0.106. The van der Waals surface area contributed by atoms with Crippen LogP contribution in [0.15, 0.2) is 0 Å². The molecule has 0 aromatic rings. The Balaban J connectivity index is 5.18. The average molecular weight is 1540 g/mol. The van der Waals surface area contributed by atoms with Gasteiger partial charge >= 0.3 is 39.5 Å². The molecule has 6 atom stereocenters. The van der Waals surface area contributed by atoms with E-state index in [2.05, 4.69) is 41.5 Å². The Morgan fingerprint density at radius 3 is 0.724 bits per heavy atom. The second-order valence-electron chi connectivity index (χ2n) is 31.6. The fourth-order valence-electron chi connectivity index (χ4n) is 13.4. The van der Waals surface area contributed by atoms with Crippen molar-refractivity contribution in [2.24, 2.45) is 11.8 Å². The Kier molecular flexibility index (Phi) is 76.0. The number of aliphatic hydroxyl groups is 1. The standard InChI is InChI=1S/C86H168O17P2/c1-7-10-12-14-16-18-19-20-21-22-23-24-25-29-32-35-38-45-51-57-63-69-84(89)97-75-82(102-85(90)70-64-58-52-46-39-36-33-30-27-26-28-31-34-37-44-49-55-61-67-79(6)9-3)77-101-105(94,95)99-73-80(87)72-98-104(92,93)100-76-81(74-96-83(88)68-62-56-50-42-17-15-13-11-8-2)103-86(91)71-65-59-53-47-41-40-43-48-54-60-66-78(4)5/h78-82,87H,7-77H2,1-6H3,(H,92,93)(H,94,95)/t79?,80-,81+,82+/m0/s1. The molecule has 0 fully saturated rings. The molecule has 0 saturated heterocycles. The zero-order chi connectivity index (χ0) is 77.1. The highest BCUT2D eigenvalue weighted by Gasteiger charge is 2.30. The number of aliphatic hydroxyl groups excluding tert-OH is 1. The molecule has 624 valence electrons. The Morgan fingerprint density at radius 2 is 0.486 bits per heavy atom. The second kappa shape index (κ2) is 77.4. The van der Waals surface area contributed by atoms with Gasteiger partial charge in [-0.15, -0.1) is 0 Å². The van der Waals surface area contributed by atoms with Crippen molar-refractivity contribution >= 4 is 39.5 Å². The maximum atomic E-state index is 13.1. The molecule has 3 unspecified atom stereocenters. The van der Waals surface area contributed by atoms with Gasteiger partial charge in [0.1, 0.15) is 19.3 Å². The summed E-state index contributed by atoms with van der Waals surface area (Å²) in [7, 11) is -9.92. The van der Waals surface area contributed by atoms with E-state index in [-0.39, 0.29) is 25.7 Å². The van der Waals surface area contributed by atoms with Gasteiger partial charge in [-0.2, -0.15) is 0 Å². The number of carbonyl (C=O) groups is 4. The van der Waals surface area contributed by atoms with E-state index < -0.39 is 97.5 Å². The lowest BCUT2D eigenvalue weighted by Gasteiger charge is -2.21. The number of carbonyl (C=O) groups excluding carboxylic acids is 4. The number of phosphoric acid groups is 2. The molecule has 17 nitrogen and oxygen atoms in total. The van der Waals surface area contributed by atoms with Gasteiger partial charge in [0, 0.05) is 25.7 Å². The minimum atomic E-state index is -4.97. The molecule has 0 radical (unpaired) electrons. The van der Waals surface area contributed by atoms with Crippen LogP contribution in [-0.2, 0) is 65.4 Å². The van der Waals surface area contributed by atoms with Crippen LogP contribution >= 0.6 is 15.6 Å². The molecule has 0 aliphatic carbocycles. The molecule has 0 aromatic carbocycles. The van der Waals surface area contributed by atoms with Crippen molar-refractivity contribution in [3.05, 3.63) is 0 Å². The topological polar surface area (TPSA) is 237 Å². The van der Waals surface area contributed by atoms with Gasteiger partial charge < -0.3 is 33.8 Å². The molecule has 19 heteroatoms. The first kappa shape index (κ1) is 103. The maximum Gasteiger partial charge on any atom is 0.472 e. The highest BCUT2D eigenvalue weighted by Crippen LogP contribution is 2.45. The smallest absolute Gasteiger partial charge is 0.462 e. The predicted molar refractivity (Wildman–Crippen MR) is 432 cm³/mol. The molecule has 0 spiro atoms. The largest absolute Gasteiger partial charge is 0.472 e. The number of phosphoric ester groups is 2. The van der Waals surface area contributed by atoms with Crippen molar-refractivity contribution in [3.8, 4) is 0 Å². The fourth-order valence-corrected chi connectivity index (χ4v) is 15.0. The molecule has 0 bridgehead atoms. The summed E-state index contributed by atoms with van der Waals surface area (Å²) in [4.78, 5) is 73.1. The molecule has 3 N–H and O–H groups in total. The monoisotopic (exact) mass is 1540 g/mol. The van der Waals surface area contributed by atoms with Crippen LogP contribution in [0.3, 0.4) is 0 Å². The Bertz CT molecular complexity index is 2010. The molecule has 0 aliphatic rings. The first-order valence-corrected chi connectivity index (χ1v) is 47.5. The summed E-state index contributed by atoms with van der Waals surface area (Å²) in [6, 6.07) is 0. The van der Waals surface area contributed by atoms with Crippen molar-refractivity contribution in [1.82, 2.24) is 0 Å². The van der Waals surface area contributed by atoms with Gasteiger partial charge in [0.25, 0.3) is 0 Å². The summed E-state index contributed by atoms with van der Waals surface area (Å²) in [5.74, 6) is -0.482. The Labute approximate surface area is 645 Å². The highest BCUT2D eigenvalue weighted by molar-refractivity contribution is 7.47. The number of esters is 4. The van der Waals surface area contributed by atoms with Gasteiger partial charge in [-0.05, 0) is 37.5 Å². The van der Waals surface area contributed by atoms with Gasteiger partial charge in [-0.3, -0.25) is 37.3 Å². The van der Waals surface area contributed by atoms with Crippen molar-refractivity contribution in [3.63, 3.8) is 0 Å². The third kappa shape index (κ3) is 78.5. The number of unbranched alkanes of at least 4 members (excludes halogenated alkanes) is 54. The quantitative estimate of drug-likeness (QED) is 0.0222. The van der Waals surface area contributed by atoms with Crippen LogP contribution < -0.4 is 0 Å². The van der Waals surface area contributed by atoms with Crippen molar-refractivity contribution in [2.75, 3.05) is 39.6 Å². The highest BCUT2D eigenvalue weighted by atomic mass is 31.2. The number of ether oxygens (including phenoxy) is 4. The van der Waals surface area contributed by atoms with Gasteiger partial charge in [-0.1, -0.05) is 408 Å².